The third-order valence-electron chi connectivity index (χ3n) is 4.60. The van der Waals surface area contributed by atoms with Crippen LogP contribution in [0.2, 0.25) is 0 Å². The van der Waals surface area contributed by atoms with Crippen molar-refractivity contribution in [2.24, 2.45) is 0 Å². The van der Waals surface area contributed by atoms with Crippen LogP contribution >= 0.6 is 0 Å². The molecule has 2 aromatic rings. The van der Waals surface area contributed by atoms with Crippen LogP contribution < -0.4 is 9.46 Å². The molecular formula is C21H23F3N2O5S. The van der Waals surface area contributed by atoms with Crippen LogP contribution in [0.3, 0.4) is 0 Å². The van der Waals surface area contributed by atoms with Gasteiger partial charge in [0.25, 0.3) is 0 Å². The van der Waals surface area contributed by atoms with Gasteiger partial charge in [0, 0.05) is 13.1 Å². The summed E-state index contributed by atoms with van der Waals surface area (Å²) in [4.78, 5) is 13.5. The van der Waals surface area contributed by atoms with Gasteiger partial charge < -0.3 is 14.4 Å². The van der Waals surface area contributed by atoms with E-state index in [0.717, 1.165) is 24.3 Å². The zero-order valence-corrected chi connectivity index (χ0v) is 18.5. The number of likely N-dealkylation sites (tertiary alicyclic amines) is 1. The number of amides is 1. The molecule has 1 N–H and O–H groups in total. The van der Waals surface area contributed by atoms with Crippen molar-refractivity contribution in [2.45, 2.75) is 43.2 Å². The predicted molar refractivity (Wildman–Crippen MR) is 109 cm³/mol. The number of sulfonamides is 1. The van der Waals surface area contributed by atoms with Gasteiger partial charge in [-0.1, -0.05) is 30.3 Å². The van der Waals surface area contributed by atoms with E-state index in [1.807, 2.05) is 0 Å². The molecule has 1 fully saturated rings. The van der Waals surface area contributed by atoms with Gasteiger partial charge >= 0.3 is 12.5 Å². The molecule has 0 spiro atoms. The summed E-state index contributed by atoms with van der Waals surface area (Å²) in [7, 11) is -4.14. The molecule has 0 atom stereocenters. The number of hydrogen-bond donors (Lipinski definition) is 1. The molecule has 1 heterocycles. The molecule has 11 heteroatoms. The highest BCUT2D eigenvalue weighted by atomic mass is 32.2. The lowest BCUT2D eigenvalue weighted by molar-refractivity contribution is -0.274. The number of carbonyl (C=O) groups is 1. The molecule has 3 rings (SSSR count). The highest BCUT2D eigenvalue weighted by Gasteiger charge is 2.50. The van der Waals surface area contributed by atoms with E-state index in [1.54, 1.807) is 51.1 Å². The first-order chi connectivity index (χ1) is 14.7. The number of rotatable bonds is 5. The van der Waals surface area contributed by atoms with E-state index in [-0.39, 0.29) is 18.0 Å². The Balaban J connectivity index is 1.82. The fraction of sp³-hybridized carbons (Fsp3) is 0.381. The van der Waals surface area contributed by atoms with E-state index in [1.165, 1.54) is 4.90 Å². The normalized spacial score (nSPS) is 16.2. The first kappa shape index (κ1) is 23.9. The Morgan fingerprint density at radius 1 is 1.00 bits per heavy atom. The van der Waals surface area contributed by atoms with Gasteiger partial charge in [0.2, 0.25) is 10.0 Å². The fourth-order valence-electron chi connectivity index (χ4n) is 3.26. The molecular weight excluding hydrogens is 449 g/mol. The number of alkyl halides is 3. The third kappa shape index (κ3) is 5.71. The van der Waals surface area contributed by atoms with Crippen LogP contribution in [0.15, 0.2) is 59.5 Å². The van der Waals surface area contributed by atoms with Gasteiger partial charge in [0.15, 0.2) is 0 Å². The SMILES string of the molecule is CC(C)(C)OC(=O)N1CC(NS(=O)(=O)c2ccc(OC(F)(F)F)cc2)(c2ccccc2)C1. The van der Waals surface area contributed by atoms with E-state index in [4.69, 9.17) is 4.74 Å². The number of halogens is 3. The highest BCUT2D eigenvalue weighted by molar-refractivity contribution is 7.89. The second kappa shape index (κ2) is 8.28. The molecule has 32 heavy (non-hydrogen) atoms. The molecule has 1 saturated heterocycles. The molecule has 2 aromatic carbocycles. The highest BCUT2D eigenvalue weighted by Crippen LogP contribution is 2.35. The summed E-state index contributed by atoms with van der Waals surface area (Å²) in [6.45, 7) is 5.23. The summed E-state index contributed by atoms with van der Waals surface area (Å²) in [5.41, 5.74) is -1.18. The first-order valence-corrected chi connectivity index (χ1v) is 11.1. The van der Waals surface area contributed by atoms with Crippen molar-refractivity contribution in [3.63, 3.8) is 0 Å². The number of ether oxygens (including phenoxy) is 2. The van der Waals surface area contributed by atoms with Crippen molar-refractivity contribution in [1.29, 1.82) is 0 Å². The number of nitrogens with one attached hydrogen (secondary N) is 1. The van der Waals surface area contributed by atoms with Crippen molar-refractivity contribution in [3.8, 4) is 5.75 Å². The zero-order chi connectivity index (χ0) is 23.8. The van der Waals surface area contributed by atoms with Crippen molar-refractivity contribution in [3.05, 3.63) is 60.2 Å². The van der Waals surface area contributed by atoms with E-state index in [0.29, 0.717) is 5.56 Å². The van der Waals surface area contributed by atoms with E-state index in [2.05, 4.69) is 9.46 Å². The average molecular weight is 472 g/mol. The topological polar surface area (TPSA) is 84.9 Å². The maximum Gasteiger partial charge on any atom is 0.573 e. The lowest BCUT2D eigenvalue weighted by Gasteiger charge is -2.50. The monoisotopic (exact) mass is 472 g/mol. The summed E-state index contributed by atoms with van der Waals surface area (Å²) in [5, 5.41) is 0. The molecule has 174 valence electrons. The van der Waals surface area contributed by atoms with Crippen molar-refractivity contribution in [1.82, 2.24) is 9.62 Å². The Bertz CT molecular complexity index is 1060. The molecule has 0 saturated carbocycles. The Kier molecular flexibility index (Phi) is 6.18. The van der Waals surface area contributed by atoms with Crippen LogP contribution in [0.5, 0.6) is 5.75 Å². The Morgan fingerprint density at radius 3 is 2.06 bits per heavy atom. The molecule has 1 amide bonds. The van der Waals surface area contributed by atoms with E-state index >= 15 is 0 Å². The van der Waals surface area contributed by atoms with Gasteiger partial charge in [-0.2, -0.15) is 4.72 Å². The minimum atomic E-state index is -4.88. The maximum atomic E-state index is 13.0. The quantitative estimate of drug-likeness (QED) is 0.711. The van der Waals surface area contributed by atoms with E-state index in [9.17, 15) is 26.4 Å². The summed E-state index contributed by atoms with van der Waals surface area (Å²) < 4.78 is 74.8. The van der Waals surface area contributed by atoms with Gasteiger partial charge in [-0.15, -0.1) is 13.2 Å². The van der Waals surface area contributed by atoms with Crippen LogP contribution in [0.25, 0.3) is 0 Å². The zero-order valence-electron chi connectivity index (χ0n) is 17.6. The lowest BCUT2D eigenvalue weighted by Crippen LogP contribution is -2.69. The minimum Gasteiger partial charge on any atom is -0.444 e. The number of carbonyl (C=O) groups excluding carboxylic acids is 1. The van der Waals surface area contributed by atoms with Crippen LogP contribution in [0.4, 0.5) is 18.0 Å². The molecule has 0 radical (unpaired) electrons. The second-order valence-corrected chi connectivity index (χ2v) is 10.1. The van der Waals surface area contributed by atoms with Gasteiger partial charge in [-0.25, -0.2) is 13.2 Å². The van der Waals surface area contributed by atoms with Crippen molar-refractivity contribution in [2.75, 3.05) is 13.1 Å². The van der Waals surface area contributed by atoms with Gasteiger partial charge in [-0.3, -0.25) is 0 Å². The lowest BCUT2D eigenvalue weighted by atomic mass is 9.84. The van der Waals surface area contributed by atoms with Crippen LogP contribution in [0.1, 0.15) is 26.3 Å². The summed E-state index contributed by atoms with van der Waals surface area (Å²) in [5.74, 6) is -0.533. The Hall–Kier alpha value is -2.79. The largest absolute Gasteiger partial charge is 0.573 e. The number of benzene rings is 2. The van der Waals surface area contributed by atoms with Gasteiger partial charge in [-0.05, 0) is 50.6 Å². The molecule has 0 aliphatic carbocycles. The molecule has 0 unspecified atom stereocenters. The Labute approximate surface area is 184 Å². The second-order valence-electron chi connectivity index (χ2n) is 8.41. The molecule has 1 aliphatic heterocycles. The minimum absolute atomic E-state index is 0.0282. The van der Waals surface area contributed by atoms with Crippen molar-refractivity contribution >= 4 is 16.1 Å². The number of nitrogens with zero attached hydrogens (tertiary/aromatic N) is 1. The van der Waals surface area contributed by atoms with Gasteiger partial charge in [0.05, 0.1) is 10.4 Å². The summed E-state index contributed by atoms with van der Waals surface area (Å²) in [6.07, 6.45) is -5.45. The van der Waals surface area contributed by atoms with Crippen molar-refractivity contribution < 1.29 is 35.9 Å². The third-order valence-corrected chi connectivity index (χ3v) is 6.15. The predicted octanol–water partition coefficient (Wildman–Crippen LogP) is 4.01. The Morgan fingerprint density at radius 2 is 1.56 bits per heavy atom. The van der Waals surface area contributed by atoms with Crippen LogP contribution in [-0.2, 0) is 20.3 Å². The smallest absolute Gasteiger partial charge is 0.444 e. The molecule has 0 aromatic heterocycles. The molecule has 1 aliphatic rings. The first-order valence-electron chi connectivity index (χ1n) is 9.62. The molecule has 0 bridgehead atoms. The fourth-order valence-corrected chi connectivity index (χ4v) is 4.63. The average Bonchev–Trinajstić information content (AvgIpc) is 2.62. The number of hydrogen-bond acceptors (Lipinski definition) is 5. The maximum absolute atomic E-state index is 13.0. The summed E-state index contributed by atoms with van der Waals surface area (Å²) >= 11 is 0. The summed E-state index contributed by atoms with van der Waals surface area (Å²) in [6, 6.07) is 12.6. The van der Waals surface area contributed by atoms with E-state index < -0.39 is 39.4 Å². The van der Waals surface area contributed by atoms with Crippen LogP contribution in [0, 0.1) is 0 Å². The standard InChI is InChI=1S/C21H23F3N2O5S/c1-19(2,3)31-18(27)26-13-20(14-26,15-7-5-4-6-8-15)25-32(28,29)17-11-9-16(10-12-17)30-21(22,23)24/h4-12,25H,13-14H2,1-3H3. The van der Waals surface area contributed by atoms with Gasteiger partial charge in [0.1, 0.15) is 11.4 Å². The van der Waals surface area contributed by atoms with Crippen LogP contribution in [-0.4, -0.2) is 44.5 Å². The molecule has 7 nitrogen and oxygen atoms in total.